The lowest BCUT2D eigenvalue weighted by atomic mass is 9.82. The van der Waals surface area contributed by atoms with Gasteiger partial charge in [0.2, 0.25) is 0 Å². The van der Waals surface area contributed by atoms with E-state index in [-0.39, 0.29) is 35.6 Å². The van der Waals surface area contributed by atoms with Crippen LogP contribution in [-0.2, 0) is 0 Å². The fourth-order valence-corrected chi connectivity index (χ4v) is 6.83. The summed E-state index contributed by atoms with van der Waals surface area (Å²) in [5, 5.41) is 18.5. The summed E-state index contributed by atoms with van der Waals surface area (Å²) < 4.78 is 16.3. The van der Waals surface area contributed by atoms with E-state index in [4.69, 9.17) is 16.6 Å². The van der Waals surface area contributed by atoms with E-state index in [1.807, 2.05) is 4.57 Å². The van der Waals surface area contributed by atoms with Crippen molar-refractivity contribution in [3.05, 3.63) is 56.9 Å². The number of likely N-dealkylation sites (tertiary alicyclic amines) is 1. The number of Topliss-reactive ketones (excluding diaryl/α,β-unsaturated/α-hetero) is 1. The molecule has 0 bridgehead atoms. The summed E-state index contributed by atoms with van der Waals surface area (Å²) in [5.74, 6) is 0.381. The van der Waals surface area contributed by atoms with Gasteiger partial charge >= 0.3 is 6.09 Å². The predicted octanol–water partition coefficient (Wildman–Crippen LogP) is 4.82. The first-order valence-electron chi connectivity index (χ1n) is 12.8. The number of rotatable bonds is 5. The van der Waals surface area contributed by atoms with Crippen LogP contribution in [0.15, 0.2) is 36.9 Å². The van der Waals surface area contributed by atoms with Crippen molar-refractivity contribution >= 4 is 62.9 Å². The first kappa shape index (κ1) is 26.9. The van der Waals surface area contributed by atoms with E-state index in [1.54, 1.807) is 12.3 Å². The van der Waals surface area contributed by atoms with Gasteiger partial charge in [0.15, 0.2) is 11.6 Å². The molecule has 2 fully saturated rings. The molecule has 6 heterocycles. The molecule has 0 aromatic carbocycles. The summed E-state index contributed by atoms with van der Waals surface area (Å²) in [6, 6.07) is 3.00. The number of ketones is 1. The summed E-state index contributed by atoms with van der Waals surface area (Å²) in [6.45, 7) is 4.69. The summed E-state index contributed by atoms with van der Waals surface area (Å²) in [5.41, 5.74) is 1.03. The van der Waals surface area contributed by atoms with Gasteiger partial charge in [-0.05, 0) is 61.4 Å². The van der Waals surface area contributed by atoms with Crippen molar-refractivity contribution in [1.29, 1.82) is 0 Å². The number of fused-ring (bicyclic) bond motifs is 1. The quantitative estimate of drug-likeness (QED) is 0.236. The van der Waals surface area contributed by atoms with Crippen LogP contribution in [0, 0.1) is 15.3 Å². The third-order valence-corrected chi connectivity index (χ3v) is 8.82. The molecule has 4 aromatic heterocycles. The second-order valence-corrected chi connectivity index (χ2v) is 11.9. The van der Waals surface area contributed by atoms with Crippen LogP contribution >= 0.6 is 34.2 Å². The van der Waals surface area contributed by atoms with Crippen molar-refractivity contribution in [3.63, 3.8) is 0 Å². The average Bonchev–Trinajstić information content (AvgIpc) is 3.51. The molecule has 4 aromatic rings. The zero-order valence-electron chi connectivity index (χ0n) is 21.6. The number of hydrogen-bond acceptors (Lipinski definition) is 7. The van der Waals surface area contributed by atoms with Gasteiger partial charge in [0.25, 0.3) is 0 Å². The van der Waals surface area contributed by atoms with Crippen LogP contribution in [0.2, 0.25) is 5.02 Å². The van der Waals surface area contributed by atoms with Crippen molar-refractivity contribution in [2.24, 2.45) is 5.92 Å². The van der Waals surface area contributed by atoms with Crippen molar-refractivity contribution in [1.82, 2.24) is 34.4 Å². The third-order valence-electron chi connectivity index (χ3n) is 7.74. The van der Waals surface area contributed by atoms with Gasteiger partial charge in [-0.3, -0.25) is 4.79 Å². The number of hydrogen-bond donors (Lipinski definition) is 1. The Morgan fingerprint density at radius 2 is 1.77 bits per heavy atom. The molecule has 0 saturated carbocycles. The van der Waals surface area contributed by atoms with Crippen LogP contribution in [0.1, 0.15) is 43.1 Å². The first-order chi connectivity index (χ1) is 19.1. The molecule has 1 amide bonds. The molecule has 2 saturated heterocycles. The Morgan fingerprint density at radius 1 is 1.10 bits per heavy atom. The van der Waals surface area contributed by atoms with E-state index in [2.05, 4.69) is 56.5 Å². The van der Waals surface area contributed by atoms with Gasteiger partial charge in [-0.15, -0.1) is 4.80 Å². The molecular formula is C26H25ClFIN8O3. The van der Waals surface area contributed by atoms with Crippen LogP contribution in [0.4, 0.5) is 15.0 Å². The maximum absolute atomic E-state index is 14.1. The van der Waals surface area contributed by atoms with Crippen LogP contribution in [0.25, 0.3) is 16.9 Å². The molecule has 0 unspecified atom stereocenters. The number of halogens is 3. The van der Waals surface area contributed by atoms with Crippen LogP contribution in [0.5, 0.6) is 0 Å². The van der Waals surface area contributed by atoms with Crippen molar-refractivity contribution < 1.29 is 19.1 Å². The Hall–Kier alpha value is -3.33. The highest BCUT2D eigenvalue weighted by Crippen LogP contribution is 2.38. The Bertz CT molecular complexity index is 1610. The summed E-state index contributed by atoms with van der Waals surface area (Å²) in [7, 11) is 0. The van der Waals surface area contributed by atoms with E-state index in [0.717, 1.165) is 3.57 Å². The maximum Gasteiger partial charge on any atom is 0.407 e. The second-order valence-electron chi connectivity index (χ2n) is 10.4. The molecule has 11 nitrogen and oxygen atoms in total. The van der Waals surface area contributed by atoms with Crippen LogP contribution in [-0.4, -0.2) is 76.6 Å². The van der Waals surface area contributed by atoms with Crippen molar-refractivity contribution in [3.8, 4) is 5.82 Å². The van der Waals surface area contributed by atoms with E-state index in [1.165, 1.54) is 34.4 Å². The van der Waals surface area contributed by atoms with Crippen LogP contribution < -0.4 is 4.90 Å². The molecule has 2 aliphatic rings. The van der Waals surface area contributed by atoms with E-state index < -0.39 is 6.09 Å². The monoisotopic (exact) mass is 678 g/mol. The molecular weight excluding hydrogens is 654 g/mol. The van der Waals surface area contributed by atoms with Gasteiger partial charge in [-0.1, -0.05) is 11.6 Å². The first-order valence-corrected chi connectivity index (χ1v) is 14.3. The SMILES string of the molecule is C[C@@H]1CC(C(=O)c2cn(C3CN(C(=O)O)C3)c3nc(-n4nccn4)c(Cl)cc23)C[C@@H](C)N1c1ncc(F)cc1I. The summed E-state index contributed by atoms with van der Waals surface area (Å²) >= 11 is 8.70. The lowest BCUT2D eigenvalue weighted by Crippen LogP contribution is -2.50. The Balaban J connectivity index is 1.35. The largest absolute Gasteiger partial charge is 0.465 e. The molecule has 208 valence electrons. The summed E-state index contributed by atoms with van der Waals surface area (Å²) in [4.78, 5) is 39.4. The molecule has 40 heavy (non-hydrogen) atoms. The predicted molar refractivity (Wildman–Crippen MR) is 154 cm³/mol. The molecule has 0 spiro atoms. The fraction of sp³-hybridized carbons (Fsp3) is 0.385. The van der Waals surface area contributed by atoms with Gasteiger partial charge in [0.1, 0.15) is 17.3 Å². The Labute approximate surface area is 247 Å². The van der Waals surface area contributed by atoms with Gasteiger partial charge in [-0.2, -0.15) is 10.2 Å². The molecule has 14 heteroatoms. The number of anilines is 1. The van der Waals surface area contributed by atoms with Gasteiger partial charge in [0, 0.05) is 48.2 Å². The molecule has 6 rings (SSSR count). The summed E-state index contributed by atoms with van der Waals surface area (Å²) in [6.07, 6.45) is 6.25. The normalized spacial score (nSPS) is 21.6. The Kier molecular flexibility index (Phi) is 6.89. The number of amides is 1. The third kappa shape index (κ3) is 4.58. The number of carbonyl (C=O) groups excluding carboxylic acids is 1. The minimum atomic E-state index is -0.985. The molecule has 2 atom stereocenters. The maximum atomic E-state index is 14.1. The number of carboxylic acid groups (broad SMARTS) is 1. The van der Waals surface area contributed by atoms with Crippen molar-refractivity contribution in [2.45, 2.75) is 44.8 Å². The average molecular weight is 679 g/mol. The van der Waals surface area contributed by atoms with E-state index in [9.17, 15) is 19.1 Å². The van der Waals surface area contributed by atoms with Crippen molar-refractivity contribution in [2.75, 3.05) is 18.0 Å². The topological polar surface area (TPSA) is 122 Å². The molecule has 0 aliphatic carbocycles. The van der Waals surface area contributed by atoms with Crippen LogP contribution in [0.3, 0.4) is 0 Å². The fourth-order valence-electron chi connectivity index (χ4n) is 5.89. The number of aromatic nitrogens is 6. The standard InChI is InChI=1S/C26H25ClFIN8O3/c1-13-5-15(6-14(2)36(13)25-21(29)7-16(28)9-30-25)22(38)19-12-35(17-10-34(11-17)26(39)40)23-18(19)8-20(27)24(33-23)37-31-3-4-32-37/h3-4,7-9,12-15,17H,5-6,10-11H2,1-2H3,(H,39,40)/t13-,14-/m1/s1. The number of carbonyl (C=O) groups is 2. The van der Waals surface area contributed by atoms with E-state index in [0.29, 0.717) is 59.2 Å². The number of piperidine rings is 1. The second kappa shape index (κ2) is 10.3. The highest BCUT2D eigenvalue weighted by molar-refractivity contribution is 14.1. The number of nitrogens with zero attached hydrogens (tertiary/aromatic N) is 8. The smallest absolute Gasteiger partial charge is 0.407 e. The number of pyridine rings is 2. The molecule has 0 radical (unpaired) electrons. The lowest BCUT2D eigenvalue weighted by Gasteiger charge is -2.43. The molecule has 2 aliphatic heterocycles. The zero-order valence-corrected chi connectivity index (χ0v) is 24.5. The molecule has 1 N–H and O–H groups in total. The van der Waals surface area contributed by atoms with Gasteiger partial charge < -0.3 is 19.5 Å². The highest BCUT2D eigenvalue weighted by atomic mass is 127. The zero-order chi connectivity index (χ0) is 28.3. The van der Waals surface area contributed by atoms with E-state index >= 15 is 0 Å². The van der Waals surface area contributed by atoms with Gasteiger partial charge in [-0.25, -0.2) is 19.2 Å². The minimum absolute atomic E-state index is 0.00695. The Morgan fingerprint density at radius 3 is 2.40 bits per heavy atom. The lowest BCUT2D eigenvalue weighted by molar-refractivity contribution is 0.0850. The van der Waals surface area contributed by atoms with Gasteiger partial charge in [0.05, 0.1) is 33.2 Å². The highest BCUT2D eigenvalue weighted by Gasteiger charge is 2.39. The minimum Gasteiger partial charge on any atom is -0.465 e.